The largest absolute Gasteiger partial charge is 0.309 e. The minimum absolute atomic E-state index is 0.632. The molecule has 0 unspecified atom stereocenters. The Labute approximate surface area is 374 Å². The van der Waals surface area contributed by atoms with Crippen molar-refractivity contribution in [3.05, 3.63) is 230 Å². The van der Waals surface area contributed by atoms with Crippen LogP contribution in [-0.2, 0) is 0 Å². The van der Waals surface area contributed by atoms with E-state index >= 15 is 0 Å². The van der Waals surface area contributed by atoms with E-state index in [0.717, 1.165) is 61.6 Å². The Kier molecular flexibility index (Phi) is 8.21. The van der Waals surface area contributed by atoms with Crippen LogP contribution in [0.15, 0.2) is 225 Å². The molecule has 65 heavy (non-hydrogen) atoms. The molecule has 0 aliphatic carbocycles. The number of hydrogen-bond acceptors (Lipinski definition) is 2. The van der Waals surface area contributed by atoms with E-state index in [1.54, 1.807) is 0 Å². The Bertz CT molecular complexity index is 3770. The minimum atomic E-state index is 0.632. The van der Waals surface area contributed by atoms with Crippen molar-refractivity contribution in [2.45, 2.75) is 0 Å². The van der Waals surface area contributed by atoms with Gasteiger partial charge in [-0.2, -0.15) is 5.26 Å². The SMILES string of the molecule is N#Cc1ccc(-c2ccnc(-c3ccccc3)c2-c2ccc(-n3c4ccc(-n5c6ccccc6c6ccccc65)cc4c4cc(-n5c6ccccc6c6ccccc65)ccc43)cc2)cc1. The zero-order valence-corrected chi connectivity index (χ0v) is 35.1. The van der Waals surface area contributed by atoms with E-state index in [-0.39, 0.29) is 0 Å². The summed E-state index contributed by atoms with van der Waals surface area (Å²) in [6.45, 7) is 0. The number of nitriles is 1. The maximum Gasteiger partial charge on any atom is 0.0991 e. The molecular formula is C60H37N5. The zero-order chi connectivity index (χ0) is 43.0. The average Bonchev–Trinajstić information content (AvgIpc) is 4.02. The lowest BCUT2D eigenvalue weighted by Gasteiger charge is -2.16. The van der Waals surface area contributed by atoms with Crippen LogP contribution in [0.3, 0.4) is 0 Å². The molecule has 0 aliphatic rings. The molecule has 13 aromatic rings. The molecule has 0 fully saturated rings. The number of nitrogens with zero attached hydrogens (tertiary/aromatic N) is 5. The van der Waals surface area contributed by atoms with Crippen LogP contribution in [0.1, 0.15) is 5.56 Å². The van der Waals surface area contributed by atoms with Gasteiger partial charge in [-0.25, -0.2) is 0 Å². The van der Waals surface area contributed by atoms with Crippen molar-refractivity contribution in [3.8, 4) is 56.6 Å². The van der Waals surface area contributed by atoms with E-state index in [4.69, 9.17) is 4.98 Å². The first-order chi connectivity index (χ1) is 32.2. The van der Waals surface area contributed by atoms with Gasteiger partial charge in [0.25, 0.3) is 0 Å². The fraction of sp³-hybridized carbons (Fsp3) is 0. The summed E-state index contributed by atoms with van der Waals surface area (Å²) in [5.74, 6) is 0. The van der Waals surface area contributed by atoms with Crippen molar-refractivity contribution >= 4 is 65.4 Å². The molecule has 302 valence electrons. The van der Waals surface area contributed by atoms with Gasteiger partial charge < -0.3 is 13.7 Å². The Morgan fingerprint density at radius 1 is 0.338 bits per heavy atom. The van der Waals surface area contributed by atoms with Crippen LogP contribution in [0.5, 0.6) is 0 Å². The lowest BCUT2D eigenvalue weighted by molar-refractivity contribution is 1.16. The van der Waals surface area contributed by atoms with Crippen molar-refractivity contribution in [2.75, 3.05) is 0 Å². The van der Waals surface area contributed by atoms with Crippen molar-refractivity contribution in [3.63, 3.8) is 0 Å². The summed E-state index contributed by atoms with van der Waals surface area (Å²) in [6.07, 6.45) is 1.88. The van der Waals surface area contributed by atoms with Crippen LogP contribution in [0.2, 0.25) is 0 Å². The highest BCUT2D eigenvalue weighted by atomic mass is 15.0. The van der Waals surface area contributed by atoms with Gasteiger partial charge in [-0.15, -0.1) is 0 Å². The summed E-state index contributed by atoms with van der Waals surface area (Å²) in [4.78, 5) is 4.97. The molecule has 4 heterocycles. The quantitative estimate of drug-likeness (QED) is 0.168. The molecule has 13 rings (SSSR count). The standard InChI is InChI=1S/C60H37N5/c61-38-39-22-24-40(25-23-39)46-34-35-62-60(42-12-2-1-3-13-42)59(46)41-26-28-43(29-27-41)63-57-32-30-44(64-53-18-8-4-14-47(53)48-15-5-9-19-54(48)64)36-51(57)52-37-45(31-33-58(52)63)65-55-20-10-6-16-49(55)50-17-7-11-21-56(50)65/h1-37H. The zero-order valence-electron chi connectivity index (χ0n) is 35.1. The molecule has 0 spiro atoms. The summed E-state index contributed by atoms with van der Waals surface area (Å²) in [5, 5.41) is 16.9. The van der Waals surface area contributed by atoms with Crippen LogP contribution in [0.25, 0.3) is 116 Å². The molecule has 0 radical (unpaired) electrons. The highest BCUT2D eigenvalue weighted by Gasteiger charge is 2.20. The highest BCUT2D eigenvalue weighted by Crippen LogP contribution is 2.42. The lowest BCUT2D eigenvalue weighted by atomic mass is 9.91. The second kappa shape index (κ2) is 14.6. The normalized spacial score (nSPS) is 11.7. The first-order valence-electron chi connectivity index (χ1n) is 21.9. The van der Waals surface area contributed by atoms with Gasteiger partial charge in [-0.1, -0.05) is 127 Å². The number of rotatable bonds is 6. The van der Waals surface area contributed by atoms with E-state index in [0.29, 0.717) is 5.56 Å². The van der Waals surface area contributed by atoms with Crippen molar-refractivity contribution in [1.29, 1.82) is 5.26 Å². The number of aromatic nitrogens is 4. The first kappa shape index (κ1) is 36.7. The van der Waals surface area contributed by atoms with E-state index in [1.807, 2.05) is 36.5 Å². The number of pyridine rings is 1. The number of hydrogen-bond donors (Lipinski definition) is 0. The molecule has 0 amide bonds. The molecule has 0 atom stereocenters. The summed E-state index contributed by atoms with van der Waals surface area (Å²) in [5.41, 5.74) is 17.1. The van der Waals surface area contributed by atoms with Crippen LogP contribution in [0.4, 0.5) is 0 Å². The van der Waals surface area contributed by atoms with Crippen LogP contribution >= 0.6 is 0 Å². The van der Waals surface area contributed by atoms with Gasteiger partial charge in [0.1, 0.15) is 0 Å². The molecule has 9 aromatic carbocycles. The summed E-state index contributed by atoms with van der Waals surface area (Å²) in [6, 6.07) is 80.2. The van der Waals surface area contributed by atoms with Crippen molar-refractivity contribution < 1.29 is 0 Å². The lowest BCUT2D eigenvalue weighted by Crippen LogP contribution is -1.97. The van der Waals surface area contributed by atoms with Gasteiger partial charge in [0, 0.05) is 66.7 Å². The van der Waals surface area contributed by atoms with E-state index < -0.39 is 0 Å². The third kappa shape index (κ3) is 5.68. The van der Waals surface area contributed by atoms with Crippen LogP contribution in [-0.4, -0.2) is 18.7 Å². The molecule has 0 N–H and O–H groups in total. The number of fused-ring (bicyclic) bond motifs is 9. The molecule has 5 nitrogen and oxygen atoms in total. The summed E-state index contributed by atoms with van der Waals surface area (Å²) >= 11 is 0. The Balaban J connectivity index is 1.04. The highest BCUT2D eigenvalue weighted by molar-refractivity contribution is 6.14. The first-order valence-corrected chi connectivity index (χ1v) is 21.9. The second-order valence-corrected chi connectivity index (χ2v) is 16.7. The smallest absolute Gasteiger partial charge is 0.0991 e. The van der Waals surface area contributed by atoms with Crippen molar-refractivity contribution in [2.24, 2.45) is 0 Å². The molecular weight excluding hydrogens is 791 g/mol. The van der Waals surface area contributed by atoms with Crippen LogP contribution < -0.4 is 0 Å². The van der Waals surface area contributed by atoms with E-state index in [2.05, 4.69) is 208 Å². The fourth-order valence-electron chi connectivity index (χ4n) is 10.3. The topological polar surface area (TPSA) is 51.5 Å². The second-order valence-electron chi connectivity index (χ2n) is 16.7. The fourth-order valence-corrected chi connectivity index (χ4v) is 10.3. The molecule has 0 saturated heterocycles. The van der Waals surface area contributed by atoms with E-state index in [9.17, 15) is 5.26 Å². The van der Waals surface area contributed by atoms with Gasteiger partial charge in [0.15, 0.2) is 0 Å². The van der Waals surface area contributed by atoms with Gasteiger partial charge in [0.2, 0.25) is 0 Å². The van der Waals surface area contributed by atoms with E-state index in [1.165, 1.54) is 54.4 Å². The predicted molar refractivity (Wildman–Crippen MR) is 268 cm³/mol. The predicted octanol–water partition coefficient (Wildman–Crippen LogP) is 15.2. The molecule has 4 aromatic heterocycles. The maximum absolute atomic E-state index is 9.56. The molecule has 5 heteroatoms. The van der Waals surface area contributed by atoms with Gasteiger partial charge >= 0.3 is 0 Å². The Morgan fingerprint density at radius 3 is 1.25 bits per heavy atom. The Morgan fingerprint density at radius 2 is 0.754 bits per heavy atom. The molecule has 0 saturated carbocycles. The minimum Gasteiger partial charge on any atom is -0.309 e. The molecule has 0 bridgehead atoms. The monoisotopic (exact) mass is 827 g/mol. The van der Waals surface area contributed by atoms with Gasteiger partial charge in [-0.05, 0) is 108 Å². The number of para-hydroxylation sites is 4. The average molecular weight is 828 g/mol. The third-order valence-electron chi connectivity index (χ3n) is 13.1. The van der Waals surface area contributed by atoms with Crippen LogP contribution in [0, 0.1) is 11.3 Å². The molecule has 0 aliphatic heterocycles. The van der Waals surface area contributed by atoms with Gasteiger partial charge in [-0.3, -0.25) is 4.98 Å². The summed E-state index contributed by atoms with van der Waals surface area (Å²) < 4.78 is 7.22. The van der Waals surface area contributed by atoms with Gasteiger partial charge in [0.05, 0.1) is 50.4 Å². The summed E-state index contributed by atoms with van der Waals surface area (Å²) in [7, 11) is 0. The number of benzene rings is 9. The Hall–Kier alpha value is -8.98. The third-order valence-corrected chi connectivity index (χ3v) is 13.1. The maximum atomic E-state index is 9.56. The van der Waals surface area contributed by atoms with Crippen molar-refractivity contribution in [1.82, 2.24) is 18.7 Å².